The van der Waals surface area contributed by atoms with Crippen molar-refractivity contribution in [1.29, 1.82) is 0 Å². The smallest absolute Gasteiger partial charge is 0.323 e. The van der Waals surface area contributed by atoms with Crippen molar-refractivity contribution in [2.75, 3.05) is 18.1 Å². The third kappa shape index (κ3) is 3.41. The summed E-state index contributed by atoms with van der Waals surface area (Å²) in [5.41, 5.74) is 0. The van der Waals surface area contributed by atoms with Crippen LogP contribution < -0.4 is 0 Å². The van der Waals surface area contributed by atoms with Crippen molar-refractivity contribution in [3.63, 3.8) is 0 Å². The van der Waals surface area contributed by atoms with Gasteiger partial charge in [0.05, 0.1) is 0 Å². The minimum atomic E-state index is -0.942. The van der Waals surface area contributed by atoms with Crippen molar-refractivity contribution >= 4 is 23.6 Å². The molecule has 15 heavy (non-hydrogen) atoms. The van der Waals surface area contributed by atoms with Crippen LogP contribution in [0.3, 0.4) is 0 Å². The van der Waals surface area contributed by atoms with Gasteiger partial charge >= 0.3 is 5.97 Å². The van der Waals surface area contributed by atoms with Crippen LogP contribution in [0.1, 0.15) is 20.3 Å². The maximum absolute atomic E-state index is 12.0. The fourth-order valence-electron chi connectivity index (χ4n) is 1.62. The molecule has 0 aromatic rings. The molecule has 1 atom stereocenters. The first-order valence-electron chi connectivity index (χ1n) is 5.12. The second kappa shape index (κ2) is 5.39. The number of carboxylic acids is 1. The fourth-order valence-corrected chi connectivity index (χ4v) is 2.84. The molecule has 1 N–H and O–H groups in total. The summed E-state index contributed by atoms with van der Waals surface area (Å²) in [7, 11) is 0. The molecule has 0 spiro atoms. The summed E-state index contributed by atoms with van der Waals surface area (Å²) in [6, 6.07) is -0.0424. The number of carboxylic acid groups (broad SMARTS) is 1. The Kier molecular flexibility index (Phi) is 4.45. The Bertz CT molecular complexity index is 249. The fraction of sp³-hybridized carbons (Fsp3) is 0.800. The third-order valence-electron chi connectivity index (χ3n) is 2.49. The quantitative estimate of drug-likeness (QED) is 0.786. The molecule has 5 heteroatoms. The number of rotatable bonds is 4. The Labute approximate surface area is 94.0 Å². The lowest BCUT2D eigenvalue weighted by molar-refractivity contribution is -0.147. The highest BCUT2D eigenvalue weighted by Gasteiger charge is 2.29. The van der Waals surface area contributed by atoms with Crippen molar-refractivity contribution in [2.24, 2.45) is 5.92 Å². The zero-order valence-electron chi connectivity index (χ0n) is 9.10. The van der Waals surface area contributed by atoms with Gasteiger partial charge in [0.2, 0.25) is 5.91 Å². The van der Waals surface area contributed by atoms with Gasteiger partial charge in [0, 0.05) is 17.7 Å². The van der Waals surface area contributed by atoms with Gasteiger partial charge < -0.3 is 10.0 Å². The van der Waals surface area contributed by atoms with Crippen LogP contribution in [0, 0.1) is 5.92 Å². The van der Waals surface area contributed by atoms with Crippen LogP contribution in [0.4, 0.5) is 0 Å². The van der Waals surface area contributed by atoms with E-state index >= 15 is 0 Å². The molecule has 0 aromatic carbocycles. The average molecular weight is 231 g/mol. The summed E-state index contributed by atoms with van der Waals surface area (Å²) >= 11 is 1.76. The Balaban J connectivity index is 2.61. The second-order valence-corrected chi connectivity index (χ2v) is 5.16. The number of nitrogens with zero attached hydrogens (tertiary/aromatic N) is 1. The van der Waals surface area contributed by atoms with E-state index in [-0.39, 0.29) is 24.4 Å². The Morgan fingerprint density at radius 2 is 2.20 bits per heavy atom. The van der Waals surface area contributed by atoms with Crippen molar-refractivity contribution in [1.82, 2.24) is 4.90 Å². The molecule has 0 aliphatic carbocycles. The van der Waals surface area contributed by atoms with E-state index in [1.54, 1.807) is 11.8 Å². The van der Waals surface area contributed by atoms with E-state index in [4.69, 9.17) is 5.11 Å². The van der Waals surface area contributed by atoms with Crippen LogP contribution in [0.25, 0.3) is 0 Å². The van der Waals surface area contributed by atoms with Crippen LogP contribution in [0.5, 0.6) is 0 Å². The molecule has 86 valence electrons. The van der Waals surface area contributed by atoms with E-state index < -0.39 is 5.97 Å². The molecule has 0 radical (unpaired) electrons. The number of amides is 1. The van der Waals surface area contributed by atoms with Crippen molar-refractivity contribution in [3.05, 3.63) is 0 Å². The molecule has 0 saturated carbocycles. The number of hydrogen-bond donors (Lipinski definition) is 1. The first-order chi connectivity index (χ1) is 7.02. The predicted octanol–water partition coefficient (Wildman–Crippen LogP) is 1.06. The second-order valence-electron chi connectivity index (χ2n) is 4.01. The van der Waals surface area contributed by atoms with Gasteiger partial charge in [-0.25, -0.2) is 0 Å². The van der Waals surface area contributed by atoms with E-state index in [1.807, 2.05) is 13.8 Å². The average Bonchev–Trinajstić information content (AvgIpc) is 2.65. The van der Waals surface area contributed by atoms with Gasteiger partial charge in [0.1, 0.15) is 6.54 Å². The maximum atomic E-state index is 12.0. The normalized spacial score (nSPS) is 20.6. The highest BCUT2D eigenvalue weighted by atomic mass is 32.2. The molecule has 1 heterocycles. The molecule has 1 amide bonds. The summed E-state index contributed by atoms with van der Waals surface area (Å²) in [6.07, 6.45) is 0.881. The van der Waals surface area contributed by atoms with Gasteiger partial charge in [0.25, 0.3) is 0 Å². The highest BCUT2D eigenvalue weighted by molar-refractivity contribution is 7.99. The van der Waals surface area contributed by atoms with Gasteiger partial charge in [-0.2, -0.15) is 11.8 Å². The SMILES string of the molecule is CC(C)N(CC(=O)O)C(=O)C1CCSC1. The van der Waals surface area contributed by atoms with Crippen LogP contribution >= 0.6 is 11.8 Å². The summed E-state index contributed by atoms with van der Waals surface area (Å²) in [5.74, 6) is 0.925. The molecule has 1 aliphatic rings. The summed E-state index contributed by atoms with van der Waals surface area (Å²) in [5, 5.41) is 8.73. The molecule has 1 rings (SSSR count). The minimum absolute atomic E-state index is 0.00241. The van der Waals surface area contributed by atoms with Crippen LogP contribution in [0.15, 0.2) is 0 Å². The van der Waals surface area contributed by atoms with Gasteiger partial charge in [-0.15, -0.1) is 0 Å². The van der Waals surface area contributed by atoms with Crippen LogP contribution in [-0.2, 0) is 9.59 Å². The van der Waals surface area contributed by atoms with Gasteiger partial charge in [-0.1, -0.05) is 0 Å². The number of carbonyl (C=O) groups is 2. The van der Waals surface area contributed by atoms with E-state index in [1.165, 1.54) is 4.90 Å². The van der Waals surface area contributed by atoms with Crippen LogP contribution in [-0.4, -0.2) is 46.0 Å². The zero-order chi connectivity index (χ0) is 11.4. The maximum Gasteiger partial charge on any atom is 0.323 e. The molecule has 4 nitrogen and oxygen atoms in total. The molecule has 1 aliphatic heterocycles. The lowest BCUT2D eigenvalue weighted by Crippen LogP contribution is -2.44. The van der Waals surface area contributed by atoms with E-state index in [0.717, 1.165) is 17.9 Å². The van der Waals surface area contributed by atoms with Crippen molar-refractivity contribution in [2.45, 2.75) is 26.3 Å². The summed E-state index contributed by atoms with van der Waals surface area (Å²) in [6.45, 7) is 3.52. The summed E-state index contributed by atoms with van der Waals surface area (Å²) in [4.78, 5) is 24.1. The number of carbonyl (C=O) groups excluding carboxylic acids is 1. The molecular weight excluding hydrogens is 214 g/mol. The number of hydrogen-bond acceptors (Lipinski definition) is 3. The Morgan fingerprint density at radius 3 is 2.60 bits per heavy atom. The standard InChI is InChI=1S/C10H17NO3S/c1-7(2)11(5-9(12)13)10(14)8-3-4-15-6-8/h7-8H,3-6H2,1-2H3,(H,12,13). The third-order valence-corrected chi connectivity index (χ3v) is 3.65. The van der Waals surface area contributed by atoms with Crippen molar-refractivity contribution in [3.8, 4) is 0 Å². The zero-order valence-corrected chi connectivity index (χ0v) is 9.92. The monoisotopic (exact) mass is 231 g/mol. The van der Waals surface area contributed by atoms with Gasteiger partial charge in [-0.3, -0.25) is 9.59 Å². The predicted molar refractivity (Wildman–Crippen MR) is 59.9 cm³/mol. The molecule has 1 unspecified atom stereocenters. The van der Waals surface area contributed by atoms with E-state index in [2.05, 4.69) is 0 Å². The first-order valence-corrected chi connectivity index (χ1v) is 6.28. The molecule has 1 fully saturated rings. The Morgan fingerprint density at radius 1 is 1.53 bits per heavy atom. The summed E-state index contributed by atoms with van der Waals surface area (Å²) < 4.78 is 0. The molecule has 0 aromatic heterocycles. The van der Waals surface area contributed by atoms with Crippen molar-refractivity contribution < 1.29 is 14.7 Å². The largest absolute Gasteiger partial charge is 0.480 e. The number of aliphatic carboxylic acids is 1. The number of thioether (sulfide) groups is 1. The van der Waals surface area contributed by atoms with Crippen LogP contribution in [0.2, 0.25) is 0 Å². The topological polar surface area (TPSA) is 57.6 Å². The lowest BCUT2D eigenvalue weighted by atomic mass is 10.1. The van der Waals surface area contributed by atoms with E-state index in [0.29, 0.717) is 0 Å². The molecule has 1 saturated heterocycles. The highest BCUT2D eigenvalue weighted by Crippen LogP contribution is 2.25. The lowest BCUT2D eigenvalue weighted by Gasteiger charge is -2.27. The van der Waals surface area contributed by atoms with Gasteiger partial charge in [-0.05, 0) is 26.0 Å². The molecule has 0 bridgehead atoms. The van der Waals surface area contributed by atoms with E-state index in [9.17, 15) is 9.59 Å². The minimum Gasteiger partial charge on any atom is -0.480 e. The van der Waals surface area contributed by atoms with Gasteiger partial charge in [0.15, 0.2) is 0 Å². The Hall–Kier alpha value is -0.710. The molecular formula is C10H17NO3S. The first kappa shape index (κ1) is 12.4.